The summed E-state index contributed by atoms with van der Waals surface area (Å²) in [5.41, 5.74) is -2.45. The zero-order valence-electron chi connectivity index (χ0n) is 15.9. The third-order valence-corrected chi connectivity index (χ3v) is 5.25. The molecule has 0 amide bonds. The van der Waals surface area contributed by atoms with Crippen LogP contribution >= 0.6 is 0 Å². The molecule has 4 aromatic rings. The molecule has 164 valence electrons. The summed E-state index contributed by atoms with van der Waals surface area (Å²) in [7, 11) is 0. The SMILES string of the molecule is C#CC(C#N)=c1c(F)c2c(F)c(F)c3c(F)c(=C(C#N)C#N)c(F)c4c(F)c(F)c(c1F)c2c34. The topological polar surface area (TPSA) is 71.4 Å². The Bertz CT molecular complexity index is 1660. The van der Waals surface area contributed by atoms with Crippen LogP contribution in [0.5, 0.6) is 0 Å². The minimum atomic E-state index is -2.24. The second-order valence-electron chi connectivity index (χ2n) is 6.74. The monoisotopic (exact) mass is 471 g/mol. The fourth-order valence-electron chi connectivity index (χ4n) is 3.88. The van der Waals surface area contributed by atoms with Crippen LogP contribution in [0.2, 0.25) is 0 Å². The molecule has 4 aromatic carbocycles. The molecule has 4 rings (SSSR count). The fourth-order valence-corrected chi connectivity index (χ4v) is 3.88. The predicted molar refractivity (Wildman–Crippen MR) is 102 cm³/mol. The lowest BCUT2D eigenvalue weighted by molar-refractivity contribution is 0.500. The van der Waals surface area contributed by atoms with Gasteiger partial charge in [-0.15, -0.1) is 6.42 Å². The molecule has 0 aromatic heterocycles. The maximum Gasteiger partial charge on any atom is 0.170 e. The van der Waals surface area contributed by atoms with Gasteiger partial charge in [0.05, 0.1) is 32.0 Å². The van der Waals surface area contributed by atoms with Crippen LogP contribution in [-0.4, -0.2) is 0 Å². The lowest BCUT2D eigenvalue weighted by Gasteiger charge is -2.17. The zero-order valence-corrected chi connectivity index (χ0v) is 15.9. The Kier molecular flexibility index (Phi) is 4.82. The first-order valence-corrected chi connectivity index (χ1v) is 8.72. The van der Waals surface area contributed by atoms with E-state index in [-0.39, 0.29) is 0 Å². The Labute approximate surface area is 182 Å². The van der Waals surface area contributed by atoms with Gasteiger partial charge >= 0.3 is 0 Å². The first-order valence-electron chi connectivity index (χ1n) is 8.72. The number of nitriles is 3. The fraction of sp³-hybridized carbons (Fsp3) is 0. The average Bonchev–Trinajstić information content (AvgIpc) is 2.80. The average molecular weight is 471 g/mol. The first-order chi connectivity index (χ1) is 16.1. The molecule has 0 saturated carbocycles. The molecule has 0 saturated heterocycles. The molecule has 34 heavy (non-hydrogen) atoms. The van der Waals surface area contributed by atoms with E-state index < -0.39 is 100 Å². The van der Waals surface area contributed by atoms with E-state index in [0.29, 0.717) is 0 Å². The van der Waals surface area contributed by atoms with Gasteiger partial charge in [-0.1, -0.05) is 5.92 Å². The number of benzene rings is 4. The van der Waals surface area contributed by atoms with Crippen LogP contribution in [-0.2, 0) is 0 Å². The van der Waals surface area contributed by atoms with E-state index in [1.807, 2.05) is 0 Å². The number of nitrogens with zero attached hydrogens (tertiary/aromatic N) is 3. The van der Waals surface area contributed by atoms with E-state index in [1.54, 1.807) is 5.92 Å². The van der Waals surface area contributed by atoms with E-state index in [2.05, 4.69) is 0 Å². The van der Waals surface area contributed by atoms with Crippen LogP contribution in [0.25, 0.3) is 43.5 Å². The molecule has 11 heteroatoms. The van der Waals surface area contributed by atoms with E-state index in [9.17, 15) is 17.6 Å². The van der Waals surface area contributed by atoms with Crippen LogP contribution in [0.4, 0.5) is 35.1 Å². The van der Waals surface area contributed by atoms with Crippen molar-refractivity contribution in [1.82, 2.24) is 0 Å². The predicted octanol–water partition coefficient (Wildman–Crippen LogP) is 4.20. The summed E-state index contributed by atoms with van der Waals surface area (Å²) in [6, 6.07) is 3.37. The molecule has 0 atom stereocenters. The second kappa shape index (κ2) is 7.33. The van der Waals surface area contributed by atoms with E-state index in [4.69, 9.17) is 22.2 Å². The molecular formula is C23HF8N3. The van der Waals surface area contributed by atoms with Crippen LogP contribution in [0.15, 0.2) is 0 Å². The highest BCUT2D eigenvalue weighted by Crippen LogP contribution is 2.42. The summed E-state index contributed by atoms with van der Waals surface area (Å²) in [5, 5.41) is 15.0. The quantitative estimate of drug-likeness (QED) is 0.219. The standard InChI is InChI=1S/C23HF8N3/c1-2-6(3-32)8-16(24)12-10-11-14(22(30)20(12)28)18(26)9(7(4-33)5-34)19(27)15(11)23(31)21(29)13(10)17(8)25/h1H. The van der Waals surface area contributed by atoms with Crippen molar-refractivity contribution in [3.05, 3.63) is 57.0 Å². The van der Waals surface area contributed by atoms with Gasteiger partial charge in [0.1, 0.15) is 52.6 Å². The highest BCUT2D eigenvalue weighted by molar-refractivity contribution is 6.24. The van der Waals surface area contributed by atoms with Crippen molar-refractivity contribution in [3.63, 3.8) is 0 Å². The molecule has 0 aliphatic carbocycles. The summed E-state index contributed by atoms with van der Waals surface area (Å²) in [5.74, 6) is -15.5. The van der Waals surface area contributed by atoms with Gasteiger partial charge in [-0.2, -0.15) is 15.8 Å². The van der Waals surface area contributed by atoms with E-state index >= 15 is 17.6 Å². The highest BCUT2D eigenvalue weighted by atomic mass is 19.2. The summed E-state index contributed by atoms with van der Waals surface area (Å²) in [6.07, 6.45) is 4.99. The number of halogens is 8. The summed E-state index contributed by atoms with van der Waals surface area (Å²) < 4.78 is 121. The van der Waals surface area contributed by atoms with Crippen LogP contribution in [0, 0.1) is 92.9 Å². The molecule has 0 aliphatic heterocycles. The molecule has 0 unspecified atom stereocenters. The van der Waals surface area contributed by atoms with Gasteiger partial charge in [0.25, 0.3) is 0 Å². The Hall–Kier alpha value is -4.87. The van der Waals surface area contributed by atoms with Gasteiger partial charge in [0.2, 0.25) is 0 Å². The molecule has 3 nitrogen and oxygen atoms in total. The van der Waals surface area contributed by atoms with Gasteiger partial charge in [-0.3, -0.25) is 0 Å². The second-order valence-corrected chi connectivity index (χ2v) is 6.74. The molecule has 0 aliphatic rings. The number of hydrogen-bond acceptors (Lipinski definition) is 3. The van der Waals surface area contributed by atoms with Gasteiger partial charge in [0.15, 0.2) is 23.3 Å². The van der Waals surface area contributed by atoms with Crippen molar-refractivity contribution in [2.45, 2.75) is 0 Å². The Balaban J connectivity index is 2.67. The summed E-state index contributed by atoms with van der Waals surface area (Å²) in [4.78, 5) is 0. The maximum atomic E-state index is 15.2. The smallest absolute Gasteiger partial charge is 0.170 e. The number of rotatable bonds is 0. The third-order valence-electron chi connectivity index (χ3n) is 5.25. The van der Waals surface area contributed by atoms with Crippen LogP contribution in [0.3, 0.4) is 0 Å². The van der Waals surface area contributed by atoms with E-state index in [0.717, 1.165) is 12.1 Å². The molecule has 0 N–H and O–H groups in total. The van der Waals surface area contributed by atoms with Crippen molar-refractivity contribution >= 4 is 43.5 Å². The molecule has 0 radical (unpaired) electrons. The summed E-state index contributed by atoms with van der Waals surface area (Å²) in [6.45, 7) is 0. The van der Waals surface area contributed by atoms with Crippen molar-refractivity contribution in [3.8, 4) is 30.6 Å². The Morgan fingerprint density at radius 1 is 0.441 bits per heavy atom. The lowest BCUT2D eigenvalue weighted by atomic mass is 9.89. The molecule has 0 spiro atoms. The highest BCUT2D eigenvalue weighted by Gasteiger charge is 2.33. The molecule has 0 heterocycles. The van der Waals surface area contributed by atoms with Crippen molar-refractivity contribution in [1.29, 1.82) is 15.8 Å². The van der Waals surface area contributed by atoms with Crippen molar-refractivity contribution in [2.24, 2.45) is 0 Å². The van der Waals surface area contributed by atoms with Gasteiger partial charge in [-0.25, -0.2) is 35.1 Å². The Morgan fingerprint density at radius 2 is 0.706 bits per heavy atom. The lowest BCUT2D eigenvalue weighted by Crippen LogP contribution is -2.22. The van der Waals surface area contributed by atoms with Gasteiger partial charge in [-0.05, 0) is 0 Å². The normalized spacial score (nSPS) is 10.8. The van der Waals surface area contributed by atoms with Gasteiger partial charge < -0.3 is 0 Å². The van der Waals surface area contributed by atoms with E-state index in [1.165, 1.54) is 6.07 Å². The number of terminal acetylenes is 1. The largest absolute Gasteiger partial charge is 0.205 e. The third kappa shape index (κ3) is 2.44. The Morgan fingerprint density at radius 3 is 0.941 bits per heavy atom. The minimum Gasteiger partial charge on any atom is -0.205 e. The molecular weight excluding hydrogens is 470 g/mol. The van der Waals surface area contributed by atoms with Crippen LogP contribution < -0.4 is 10.4 Å². The first kappa shape index (κ1) is 22.3. The zero-order chi connectivity index (χ0) is 25.2. The van der Waals surface area contributed by atoms with Gasteiger partial charge in [0, 0.05) is 10.8 Å². The van der Waals surface area contributed by atoms with Crippen molar-refractivity contribution in [2.75, 3.05) is 0 Å². The molecule has 0 bridgehead atoms. The minimum absolute atomic E-state index is 1.08. The van der Waals surface area contributed by atoms with Crippen molar-refractivity contribution < 1.29 is 35.1 Å². The summed E-state index contributed by atoms with van der Waals surface area (Å²) >= 11 is 0. The maximum absolute atomic E-state index is 15.2. The van der Waals surface area contributed by atoms with Crippen LogP contribution in [0.1, 0.15) is 0 Å². The molecule has 0 fully saturated rings. The number of hydrogen-bond donors (Lipinski definition) is 0.